The number of hydrogen-bond donors (Lipinski definition) is 5. The third kappa shape index (κ3) is 12.5. The van der Waals surface area contributed by atoms with Gasteiger partial charge in [-0.15, -0.1) is 0 Å². The molecule has 0 aliphatic heterocycles. The fraction of sp³-hybridized carbons (Fsp3) is 0.417. The fourth-order valence-corrected chi connectivity index (χ4v) is 6.81. The van der Waals surface area contributed by atoms with E-state index in [4.69, 9.17) is 0 Å². The van der Waals surface area contributed by atoms with Crippen LogP contribution in [0.4, 0.5) is 8.78 Å². The summed E-state index contributed by atoms with van der Waals surface area (Å²) in [6.07, 6.45) is 2.15. The summed E-state index contributed by atoms with van der Waals surface area (Å²) in [4.78, 5) is 43.9. The molecule has 0 fully saturated rings. The zero-order valence-electron chi connectivity index (χ0n) is 27.5. The second-order valence-corrected chi connectivity index (χ2v) is 13.0. The molecule has 3 rings (SSSR count). The summed E-state index contributed by atoms with van der Waals surface area (Å²) in [6.45, 7) is 4.12. The molecule has 10 nitrogen and oxygen atoms in total. The predicted octanol–water partition coefficient (Wildman–Crippen LogP) is 4.32. The van der Waals surface area contributed by atoms with E-state index in [9.17, 15) is 38.6 Å². The van der Waals surface area contributed by atoms with Crippen LogP contribution < -0.4 is 16.0 Å². The number of thioether (sulfide) groups is 1. The molecule has 49 heavy (non-hydrogen) atoms. The lowest BCUT2D eigenvalue weighted by molar-refractivity contribution is -0.125. The smallest absolute Gasteiger partial charge is 0.253 e. The van der Waals surface area contributed by atoms with Gasteiger partial charge in [0.2, 0.25) is 5.91 Å². The number of carbonyl (C=O) groups excluding carboxylic acids is 3. The normalized spacial score (nSPS) is 14.2. The molecule has 0 aliphatic carbocycles. The molecule has 5 atom stereocenters. The maximum Gasteiger partial charge on any atom is 0.253 e. The van der Waals surface area contributed by atoms with Crippen LogP contribution in [0.3, 0.4) is 0 Å². The number of nitrogens with one attached hydrogen (secondary N) is 3. The molecule has 0 radical (unpaired) electrons. The molecule has 262 valence electrons. The van der Waals surface area contributed by atoms with Gasteiger partial charge in [-0.3, -0.25) is 19.4 Å². The maximum absolute atomic E-state index is 14.2. The predicted molar refractivity (Wildman–Crippen MR) is 183 cm³/mol. The van der Waals surface area contributed by atoms with Gasteiger partial charge in [0.15, 0.2) is 0 Å². The number of benzene rings is 2. The van der Waals surface area contributed by atoms with Crippen LogP contribution in [-0.2, 0) is 11.2 Å². The van der Waals surface area contributed by atoms with Crippen LogP contribution in [0.1, 0.15) is 72.2 Å². The first-order valence-electron chi connectivity index (χ1n) is 16.2. The average molecular weight is 696 g/mol. The topological polar surface area (TPSA) is 164 Å². The molecule has 2 aromatic carbocycles. The highest BCUT2D eigenvalue weighted by Gasteiger charge is 2.36. The van der Waals surface area contributed by atoms with Crippen LogP contribution >= 0.6 is 11.8 Å². The molecule has 0 spiro atoms. The molecule has 3 aromatic rings. The summed E-state index contributed by atoms with van der Waals surface area (Å²) >= 11 is 1.52. The minimum absolute atomic E-state index is 0.0653. The molecule has 13 heteroatoms. The van der Waals surface area contributed by atoms with Gasteiger partial charge >= 0.3 is 0 Å². The number of nitrogens with zero attached hydrogens (tertiary/aromatic N) is 2. The van der Waals surface area contributed by atoms with Crippen molar-refractivity contribution in [1.82, 2.24) is 20.9 Å². The molecule has 1 aromatic heterocycles. The highest BCUT2D eigenvalue weighted by molar-refractivity contribution is 8.00. The Balaban J connectivity index is 1.92. The summed E-state index contributed by atoms with van der Waals surface area (Å²) in [6, 6.07) is 12.0. The first-order chi connectivity index (χ1) is 23.6. The number of pyridine rings is 1. The number of aromatic nitrogens is 1. The van der Waals surface area contributed by atoms with Gasteiger partial charge in [0, 0.05) is 35.0 Å². The Labute approximate surface area is 289 Å². The van der Waals surface area contributed by atoms with E-state index < -0.39 is 66.1 Å². The summed E-state index contributed by atoms with van der Waals surface area (Å²) in [5, 5.41) is 40.5. The highest BCUT2D eigenvalue weighted by atomic mass is 32.2. The van der Waals surface area contributed by atoms with E-state index >= 15 is 0 Å². The summed E-state index contributed by atoms with van der Waals surface area (Å²) in [5.74, 6) is -3.48. The van der Waals surface area contributed by atoms with E-state index in [1.54, 1.807) is 30.3 Å². The molecule has 1 heterocycles. The lowest BCUT2D eigenvalue weighted by atomic mass is 9.92. The van der Waals surface area contributed by atoms with E-state index in [0.29, 0.717) is 6.07 Å². The van der Waals surface area contributed by atoms with E-state index in [1.165, 1.54) is 36.3 Å². The molecule has 3 amide bonds. The second-order valence-electron chi connectivity index (χ2n) is 11.7. The molecule has 0 saturated heterocycles. The number of aliphatic hydroxyl groups excluding tert-OH is 2. The van der Waals surface area contributed by atoms with E-state index in [2.05, 4.69) is 34.8 Å². The summed E-state index contributed by atoms with van der Waals surface area (Å²) in [7, 11) is 0. The molecule has 0 saturated carbocycles. The van der Waals surface area contributed by atoms with Crippen molar-refractivity contribution in [3.63, 3.8) is 0 Å². The van der Waals surface area contributed by atoms with Gasteiger partial charge in [-0.25, -0.2) is 8.78 Å². The largest absolute Gasteiger partial charge is 0.388 e. The first kappa shape index (κ1) is 39.1. The van der Waals surface area contributed by atoms with Gasteiger partial charge in [0.25, 0.3) is 11.8 Å². The number of amides is 3. The van der Waals surface area contributed by atoms with Gasteiger partial charge in [-0.2, -0.15) is 17.0 Å². The van der Waals surface area contributed by atoms with Gasteiger partial charge in [0.05, 0.1) is 30.1 Å². The zero-order chi connectivity index (χ0) is 35.8. The van der Waals surface area contributed by atoms with Crippen LogP contribution in [0.25, 0.3) is 0 Å². The molecule has 0 unspecified atom stereocenters. The number of carbonyl (C=O) groups is 3. The average Bonchev–Trinajstić information content (AvgIpc) is 3.09. The SMILES string of the molecule is CCCC(CCC)SC[C@@H](NC(=O)c1cccnc1)C(=O)N[C@@H](Cc1cc(F)cc(F)c1)[C@@H](O)[C@H](O)[C@@H](CC#N)NC(=O)c1ccccc1. The quantitative estimate of drug-likeness (QED) is 0.124. The van der Waals surface area contributed by atoms with Crippen molar-refractivity contribution in [2.45, 2.75) is 88.0 Å². The molecule has 0 aliphatic rings. The number of aliphatic hydroxyl groups is 2. The summed E-state index contributed by atoms with van der Waals surface area (Å²) < 4.78 is 28.4. The second kappa shape index (κ2) is 20.2. The van der Waals surface area contributed by atoms with Crippen LogP contribution in [-0.4, -0.2) is 74.3 Å². The van der Waals surface area contributed by atoms with E-state index in [1.807, 2.05) is 6.07 Å². The lowest BCUT2D eigenvalue weighted by Gasteiger charge is -2.33. The van der Waals surface area contributed by atoms with Crippen LogP contribution in [0, 0.1) is 23.0 Å². The number of rotatable bonds is 19. The van der Waals surface area contributed by atoms with Crippen molar-refractivity contribution >= 4 is 29.5 Å². The first-order valence-corrected chi connectivity index (χ1v) is 17.3. The minimum Gasteiger partial charge on any atom is -0.388 e. The van der Waals surface area contributed by atoms with Crippen molar-refractivity contribution in [3.05, 3.63) is 101 Å². The molecular weight excluding hydrogens is 652 g/mol. The monoisotopic (exact) mass is 695 g/mol. The molecule has 5 N–H and O–H groups in total. The van der Waals surface area contributed by atoms with Crippen molar-refractivity contribution < 1.29 is 33.4 Å². The standard InChI is InChI=1S/C36H43F2N5O5S/c1-3-9-28(10-4-2)49-22-31(43-35(47)25-13-8-16-40-21-25)36(48)42-30(19-23-17-26(37)20-27(38)18-23)33(45)32(44)29(14-15-39)41-34(46)24-11-6-5-7-12-24/h5-8,11-13,16-18,20-21,28-33,44-45H,3-4,9-10,14,19,22H2,1-2H3,(H,41,46)(H,42,48)(H,43,47)/t29-,30+,31-,32-,33-/m1/s1. The fourth-order valence-electron chi connectivity index (χ4n) is 5.30. The van der Waals surface area contributed by atoms with Gasteiger partial charge in [0.1, 0.15) is 29.9 Å². The molecular formula is C36H43F2N5O5S. The Morgan fingerprint density at radius 2 is 1.47 bits per heavy atom. The van der Waals surface area contributed by atoms with Crippen LogP contribution in [0.2, 0.25) is 0 Å². The number of hydrogen-bond acceptors (Lipinski definition) is 8. The Morgan fingerprint density at radius 3 is 2.06 bits per heavy atom. The van der Waals surface area contributed by atoms with Gasteiger partial charge in [-0.05, 0) is 61.2 Å². The van der Waals surface area contributed by atoms with Crippen LogP contribution in [0.15, 0.2) is 73.1 Å². The maximum atomic E-state index is 14.2. The van der Waals surface area contributed by atoms with Crippen LogP contribution in [0.5, 0.6) is 0 Å². The lowest BCUT2D eigenvalue weighted by Crippen LogP contribution is -2.59. The Kier molecular flexibility index (Phi) is 16.1. The van der Waals surface area contributed by atoms with Crippen molar-refractivity contribution in [2.75, 3.05) is 5.75 Å². The van der Waals surface area contributed by atoms with Gasteiger partial charge < -0.3 is 26.2 Å². The Bertz CT molecular complexity index is 1520. The third-order valence-electron chi connectivity index (χ3n) is 7.81. The van der Waals surface area contributed by atoms with Gasteiger partial charge in [-0.1, -0.05) is 44.9 Å². The highest BCUT2D eigenvalue weighted by Crippen LogP contribution is 2.23. The Morgan fingerprint density at radius 1 is 0.857 bits per heavy atom. The minimum atomic E-state index is -1.83. The van der Waals surface area contributed by atoms with E-state index in [-0.39, 0.29) is 34.1 Å². The Hall–Kier alpha value is -4.38. The third-order valence-corrected chi connectivity index (χ3v) is 9.28. The zero-order valence-corrected chi connectivity index (χ0v) is 28.3. The molecule has 0 bridgehead atoms. The summed E-state index contributed by atoms with van der Waals surface area (Å²) in [5.41, 5.74) is 0.538. The van der Waals surface area contributed by atoms with Crippen molar-refractivity contribution in [3.8, 4) is 6.07 Å². The number of halogens is 2. The number of nitriles is 1. The van der Waals surface area contributed by atoms with Crippen molar-refractivity contribution in [1.29, 1.82) is 5.26 Å². The van der Waals surface area contributed by atoms with Crippen molar-refractivity contribution in [2.24, 2.45) is 0 Å². The van der Waals surface area contributed by atoms with E-state index in [0.717, 1.165) is 37.8 Å².